The number of benzene rings is 3. The minimum absolute atomic E-state index is 0.248. The first-order valence-corrected chi connectivity index (χ1v) is 11.6. The quantitative estimate of drug-likeness (QED) is 0.379. The molecule has 0 saturated carbocycles. The van der Waals surface area contributed by atoms with Crippen LogP contribution >= 0.6 is 15.9 Å². The second-order valence-corrected chi connectivity index (χ2v) is 8.96. The molecule has 0 amide bonds. The van der Waals surface area contributed by atoms with Crippen molar-refractivity contribution in [3.05, 3.63) is 99.8 Å². The van der Waals surface area contributed by atoms with Crippen LogP contribution in [0.2, 0.25) is 0 Å². The first kappa shape index (κ1) is 20.8. The van der Waals surface area contributed by atoms with Gasteiger partial charge in [-0.05, 0) is 48.0 Å². The number of methoxy groups -OCH3 is 2. The number of anilines is 1. The Hall–Kier alpha value is -3.78. The Labute approximate surface area is 205 Å². The summed E-state index contributed by atoms with van der Waals surface area (Å²) in [7, 11) is 3.34. The molecule has 1 aromatic heterocycles. The van der Waals surface area contributed by atoms with Crippen LogP contribution in [0.4, 0.5) is 5.95 Å². The van der Waals surface area contributed by atoms with E-state index in [0.717, 1.165) is 49.7 Å². The molecule has 0 bridgehead atoms. The zero-order valence-electron chi connectivity index (χ0n) is 18.5. The number of para-hydroxylation sites is 1. The highest BCUT2D eigenvalue weighted by Crippen LogP contribution is 2.52. The molecule has 3 aromatic carbocycles. The Morgan fingerprint density at radius 2 is 1.82 bits per heavy atom. The van der Waals surface area contributed by atoms with Gasteiger partial charge in [0.2, 0.25) is 5.95 Å². The summed E-state index contributed by atoms with van der Waals surface area (Å²) in [5.74, 6) is 3.01. The van der Waals surface area contributed by atoms with Gasteiger partial charge in [0, 0.05) is 21.2 Å². The van der Waals surface area contributed by atoms with Gasteiger partial charge in [0.15, 0.2) is 6.10 Å². The van der Waals surface area contributed by atoms with Crippen LogP contribution in [-0.4, -0.2) is 29.0 Å². The zero-order chi connectivity index (χ0) is 23.2. The predicted molar refractivity (Wildman–Crippen MR) is 132 cm³/mol. The highest BCUT2D eigenvalue weighted by atomic mass is 79.9. The monoisotopic (exact) mass is 516 g/mol. The molecule has 0 radical (unpaired) electrons. The molecular weight excluding hydrogens is 496 g/mol. The molecule has 8 heteroatoms. The first-order valence-electron chi connectivity index (χ1n) is 10.8. The molecule has 3 heterocycles. The number of aromatic nitrogens is 3. The summed E-state index contributed by atoms with van der Waals surface area (Å²) in [6, 6.07) is 21.8. The van der Waals surface area contributed by atoms with Crippen LogP contribution in [0.5, 0.6) is 17.2 Å². The number of halogens is 1. The minimum atomic E-state index is -0.422. The fourth-order valence-electron chi connectivity index (χ4n) is 4.69. The van der Waals surface area contributed by atoms with Crippen molar-refractivity contribution in [2.75, 3.05) is 19.5 Å². The Balaban J connectivity index is 1.63. The van der Waals surface area contributed by atoms with E-state index in [-0.39, 0.29) is 6.04 Å². The number of ether oxygens (including phenoxy) is 3. The summed E-state index contributed by atoms with van der Waals surface area (Å²) in [6.07, 6.45) is 1.15. The fourth-order valence-corrected chi connectivity index (χ4v) is 5.07. The predicted octanol–water partition coefficient (Wildman–Crippen LogP) is 5.62. The largest absolute Gasteiger partial charge is 0.497 e. The number of fused-ring (bicyclic) bond motifs is 3. The maximum Gasteiger partial charge on any atom is 0.226 e. The molecule has 7 nitrogen and oxygen atoms in total. The van der Waals surface area contributed by atoms with Gasteiger partial charge in [-0.25, -0.2) is 4.68 Å². The molecular formula is C26H21BrN4O3. The van der Waals surface area contributed by atoms with Gasteiger partial charge in [0.1, 0.15) is 29.6 Å². The minimum Gasteiger partial charge on any atom is -0.497 e. The summed E-state index contributed by atoms with van der Waals surface area (Å²) in [6.45, 7) is 0. The second-order valence-electron chi connectivity index (χ2n) is 8.04. The van der Waals surface area contributed by atoms with Gasteiger partial charge in [0.25, 0.3) is 0 Å². The van der Waals surface area contributed by atoms with E-state index in [1.807, 2.05) is 53.2 Å². The molecule has 0 saturated heterocycles. The third-order valence-electron chi connectivity index (χ3n) is 6.23. The lowest BCUT2D eigenvalue weighted by Crippen LogP contribution is -2.32. The summed E-state index contributed by atoms with van der Waals surface area (Å²) in [4.78, 5) is 4.48. The number of nitrogens with one attached hydrogen (secondary N) is 1. The smallest absolute Gasteiger partial charge is 0.226 e. The molecule has 170 valence electrons. The van der Waals surface area contributed by atoms with Crippen LogP contribution in [-0.2, 0) is 0 Å². The van der Waals surface area contributed by atoms with Crippen LogP contribution < -0.4 is 19.5 Å². The van der Waals surface area contributed by atoms with Gasteiger partial charge in [0.05, 0.1) is 19.9 Å². The molecule has 6 rings (SSSR count). The van der Waals surface area contributed by atoms with Crippen molar-refractivity contribution in [3.63, 3.8) is 0 Å². The van der Waals surface area contributed by atoms with Crippen LogP contribution in [0.1, 0.15) is 28.8 Å². The lowest BCUT2D eigenvalue weighted by molar-refractivity contribution is 0.217. The van der Waals surface area contributed by atoms with Crippen LogP contribution in [0.15, 0.2) is 83.1 Å². The molecule has 2 aliphatic heterocycles. The fraction of sp³-hybridized carbons (Fsp3) is 0.154. The molecule has 0 fully saturated rings. The zero-order valence-corrected chi connectivity index (χ0v) is 20.1. The van der Waals surface area contributed by atoms with E-state index in [4.69, 9.17) is 14.2 Å². The lowest BCUT2D eigenvalue weighted by Gasteiger charge is -2.39. The summed E-state index contributed by atoms with van der Waals surface area (Å²) < 4.78 is 20.7. The summed E-state index contributed by atoms with van der Waals surface area (Å²) in [5, 5.41) is 8.09. The van der Waals surface area contributed by atoms with Gasteiger partial charge in [-0.3, -0.25) is 0 Å². The van der Waals surface area contributed by atoms with Gasteiger partial charge in [-0.15, -0.1) is 0 Å². The van der Waals surface area contributed by atoms with E-state index in [1.165, 1.54) is 0 Å². The van der Waals surface area contributed by atoms with Gasteiger partial charge in [-0.1, -0.05) is 40.2 Å². The molecule has 2 atom stereocenters. The van der Waals surface area contributed by atoms with Crippen molar-refractivity contribution >= 4 is 27.6 Å². The molecule has 0 aliphatic carbocycles. The highest BCUT2D eigenvalue weighted by Gasteiger charge is 2.41. The number of hydrogen-bond acceptors (Lipinski definition) is 6. The van der Waals surface area contributed by atoms with Crippen molar-refractivity contribution < 1.29 is 14.2 Å². The molecule has 1 N–H and O–H groups in total. The van der Waals surface area contributed by atoms with E-state index < -0.39 is 6.10 Å². The number of hydrogen-bond donors (Lipinski definition) is 1. The Morgan fingerprint density at radius 3 is 2.62 bits per heavy atom. The standard InChI is InChI=1S/C26H21BrN4O3/c1-32-17-10-7-15(8-11-17)24-22-23(30-26-28-14-29-31(24)26)18-5-3-4-6-21(18)34-25(22)19-13-16(27)9-12-20(19)33-2/h3-14,24-25H,1-2H3,(H,28,29,30)/t24-,25-/m0/s1. The van der Waals surface area contributed by atoms with Crippen LogP contribution in [0.3, 0.4) is 0 Å². The van der Waals surface area contributed by atoms with Crippen LogP contribution in [0, 0.1) is 0 Å². The van der Waals surface area contributed by atoms with Crippen molar-refractivity contribution in [3.8, 4) is 17.2 Å². The maximum atomic E-state index is 6.69. The van der Waals surface area contributed by atoms with Crippen molar-refractivity contribution in [1.29, 1.82) is 0 Å². The van der Waals surface area contributed by atoms with Gasteiger partial charge < -0.3 is 19.5 Å². The van der Waals surface area contributed by atoms with E-state index in [1.54, 1.807) is 20.5 Å². The Bertz CT molecular complexity index is 1410. The van der Waals surface area contributed by atoms with E-state index in [2.05, 4.69) is 49.5 Å². The second kappa shape index (κ2) is 8.22. The third-order valence-corrected chi connectivity index (χ3v) is 6.72. The topological polar surface area (TPSA) is 70.4 Å². The van der Waals surface area contributed by atoms with Crippen molar-refractivity contribution in [2.45, 2.75) is 12.1 Å². The average molecular weight is 517 g/mol. The molecule has 0 unspecified atom stereocenters. The van der Waals surface area contributed by atoms with Crippen LogP contribution in [0.25, 0.3) is 5.70 Å². The van der Waals surface area contributed by atoms with Gasteiger partial charge >= 0.3 is 0 Å². The Kier molecular flexibility index (Phi) is 5.03. The van der Waals surface area contributed by atoms with Crippen molar-refractivity contribution in [1.82, 2.24) is 14.8 Å². The molecule has 0 spiro atoms. The summed E-state index contributed by atoms with van der Waals surface area (Å²) in [5.41, 5.74) is 4.94. The molecule has 4 aromatic rings. The SMILES string of the molecule is COc1ccc([C@H]2C3=C(Nc4ncnn42)c2ccccc2O[C@H]3c2cc(Br)ccc2OC)cc1. The normalized spacial score (nSPS) is 18.2. The lowest BCUT2D eigenvalue weighted by atomic mass is 9.84. The summed E-state index contributed by atoms with van der Waals surface area (Å²) >= 11 is 3.62. The number of nitrogens with zero attached hydrogens (tertiary/aromatic N) is 3. The molecule has 34 heavy (non-hydrogen) atoms. The van der Waals surface area contributed by atoms with E-state index in [9.17, 15) is 0 Å². The van der Waals surface area contributed by atoms with Crippen molar-refractivity contribution in [2.24, 2.45) is 0 Å². The Morgan fingerprint density at radius 1 is 1.00 bits per heavy atom. The third kappa shape index (κ3) is 3.25. The first-order chi connectivity index (χ1) is 16.7. The van der Waals surface area contributed by atoms with E-state index >= 15 is 0 Å². The van der Waals surface area contributed by atoms with E-state index in [0.29, 0.717) is 5.95 Å². The maximum absolute atomic E-state index is 6.69. The average Bonchev–Trinajstić information content (AvgIpc) is 3.35. The van der Waals surface area contributed by atoms with Gasteiger partial charge in [-0.2, -0.15) is 10.1 Å². The highest BCUT2D eigenvalue weighted by molar-refractivity contribution is 9.10. The molecule has 2 aliphatic rings. The number of rotatable bonds is 4.